The van der Waals surface area contributed by atoms with E-state index in [1.54, 1.807) is 12.1 Å². The molecule has 0 saturated carbocycles. The lowest BCUT2D eigenvalue weighted by Crippen LogP contribution is -2.30. The van der Waals surface area contributed by atoms with Crippen LogP contribution in [0.25, 0.3) is 0 Å². The molecule has 0 radical (unpaired) electrons. The second kappa shape index (κ2) is 7.69. The summed E-state index contributed by atoms with van der Waals surface area (Å²) in [6, 6.07) is 11.2. The molecule has 0 aliphatic rings. The molecule has 0 bridgehead atoms. The highest BCUT2D eigenvalue weighted by Gasteiger charge is 2.33. The fourth-order valence-electron chi connectivity index (χ4n) is 2.04. The average molecular weight is 351 g/mol. The quantitative estimate of drug-likeness (QED) is 0.725. The van der Waals surface area contributed by atoms with Crippen molar-refractivity contribution >= 4 is 17.5 Å². The van der Waals surface area contributed by atoms with Crippen molar-refractivity contribution < 1.29 is 22.8 Å². The van der Waals surface area contributed by atoms with E-state index in [0.29, 0.717) is 6.54 Å². The number of carbonyl (C=O) groups is 2. The highest BCUT2D eigenvalue weighted by atomic mass is 19.4. The molecule has 0 aliphatic carbocycles. The molecule has 0 atom stereocenters. The van der Waals surface area contributed by atoms with Crippen LogP contribution < -0.4 is 16.2 Å². The molecule has 2 rings (SSSR count). The first kappa shape index (κ1) is 18.3. The molecule has 132 valence electrons. The lowest BCUT2D eigenvalue weighted by molar-refractivity contribution is -0.137. The van der Waals surface area contributed by atoms with Gasteiger partial charge in [-0.05, 0) is 29.8 Å². The van der Waals surface area contributed by atoms with Gasteiger partial charge < -0.3 is 5.32 Å². The highest BCUT2D eigenvalue weighted by Crippen LogP contribution is 2.34. The minimum absolute atomic E-state index is 0.172. The molecule has 25 heavy (non-hydrogen) atoms. The van der Waals surface area contributed by atoms with Crippen LogP contribution in [0.1, 0.15) is 28.4 Å². The Morgan fingerprint density at radius 3 is 2.24 bits per heavy atom. The maximum Gasteiger partial charge on any atom is 0.418 e. The molecular formula is C17H16F3N3O2. The Bertz CT molecular complexity index is 758. The lowest BCUT2D eigenvalue weighted by Gasteiger charge is -2.15. The van der Waals surface area contributed by atoms with Crippen LogP contribution in [0.5, 0.6) is 0 Å². The topological polar surface area (TPSA) is 70.2 Å². The summed E-state index contributed by atoms with van der Waals surface area (Å²) in [7, 11) is 0. The zero-order valence-corrected chi connectivity index (χ0v) is 13.3. The van der Waals surface area contributed by atoms with E-state index in [1.165, 1.54) is 37.3 Å². The monoisotopic (exact) mass is 351 g/mol. The maximum absolute atomic E-state index is 12.9. The molecule has 2 aromatic carbocycles. The van der Waals surface area contributed by atoms with Crippen molar-refractivity contribution in [3.05, 3.63) is 65.2 Å². The summed E-state index contributed by atoms with van der Waals surface area (Å²) < 4.78 is 38.7. The van der Waals surface area contributed by atoms with Gasteiger partial charge >= 0.3 is 6.18 Å². The number of para-hydroxylation sites is 1. The molecule has 5 nitrogen and oxygen atoms in total. The minimum Gasteiger partial charge on any atom is -0.352 e. The molecule has 3 N–H and O–H groups in total. The van der Waals surface area contributed by atoms with Gasteiger partial charge in [0.15, 0.2) is 0 Å². The zero-order chi connectivity index (χ0) is 18.4. The van der Waals surface area contributed by atoms with Gasteiger partial charge in [-0.3, -0.25) is 20.4 Å². The Balaban J connectivity index is 2.00. The predicted octanol–water partition coefficient (Wildman–Crippen LogP) is 3.10. The third-order valence-corrected chi connectivity index (χ3v) is 3.30. The fourth-order valence-corrected chi connectivity index (χ4v) is 2.04. The molecule has 2 amide bonds. The van der Waals surface area contributed by atoms with E-state index in [2.05, 4.69) is 16.2 Å². The van der Waals surface area contributed by atoms with Crippen molar-refractivity contribution in [2.45, 2.75) is 19.6 Å². The first-order valence-corrected chi connectivity index (χ1v) is 7.33. The van der Waals surface area contributed by atoms with Gasteiger partial charge in [-0.1, -0.05) is 24.3 Å². The number of hydrogen-bond donors (Lipinski definition) is 3. The standard InChI is InChI=1S/C17H16F3N3O2/c1-11(24)21-10-12-6-8-13(9-7-12)16(25)23-22-15-5-3-2-4-14(15)17(18,19)20/h2-9,22H,10H2,1H3,(H,21,24)(H,23,25). The molecule has 0 unspecified atom stereocenters. The summed E-state index contributed by atoms with van der Waals surface area (Å²) in [5.41, 5.74) is 4.48. The molecule has 2 aromatic rings. The van der Waals surface area contributed by atoms with Crippen molar-refractivity contribution in [3.63, 3.8) is 0 Å². The van der Waals surface area contributed by atoms with Crippen LogP contribution in [0.15, 0.2) is 48.5 Å². The van der Waals surface area contributed by atoms with Crippen molar-refractivity contribution in [3.8, 4) is 0 Å². The Hall–Kier alpha value is -3.03. The van der Waals surface area contributed by atoms with Gasteiger partial charge in [0.25, 0.3) is 5.91 Å². The number of rotatable bonds is 5. The normalized spacial score (nSPS) is 10.9. The SMILES string of the molecule is CC(=O)NCc1ccc(C(=O)NNc2ccccc2C(F)(F)F)cc1. The number of hydrogen-bond acceptors (Lipinski definition) is 3. The van der Waals surface area contributed by atoms with E-state index >= 15 is 0 Å². The van der Waals surface area contributed by atoms with Crippen LogP contribution in [0.3, 0.4) is 0 Å². The average Bonchev–Trinajstić information content (AvgIpc) is 2.57. The van der Waals surface area contributed by atoms with Gasteiger partial charge in [0.05, 0.1) is 11.3 Å². The van der Waals surface area contributed by atoms with Crippen LogP contribution in [-0.2, 0) is 17.5 Å². The number of benzene rings is 2. The Labute approximate surface area is 142 Å². The highest BCUT2D eigenvalue weighted by molar-refractivity contribution is 5.95. The third kappa shape index (κ3) is 5.23. The van der Waals surface area contributed by atoms with E-state index < -0.39 is 17.6 Å². The first-order chi connectivity index (χ1) is 11.8. The summed E-state index contributed by atoms with van der Waals surface area (Å²) in [5, 5.41) is 2.62. The summed E-state index contributed by atoms with van der Waals surface area (Å²) in [4.78, 5) is 22.9. The van der Waals surface area contributed by atoms with E-state index in [4.69, 9.17) is 0 Å². The van der Waals surface area contributed by atoms with Gasteiger partial charge in [-0.25, -0.2) is 0 Å². The zero-order valence-electron chi connectivity index (χ0n) is 13.3. The van der Waals surface area contributed by atoms with Crippen LogP contribution in [0, 0.1) is 0 Å². The van der Waals surface area contributed by atoms with Crippen molar-refractivity contribution in [1.82, 2.24) is 10.7 Å². The Morgan fingerprint density at radius 2 is 1.64 bits per heavy atom. The number of anilines is 1. The summed E-state index contributed by atoms with van der Waals surface area (Å²) in [5.74, 6) is -0.752. The van der Waals surface area contributed by atoms with Gasteiger partial charge in [-0.15, -0.1) is 0 Å². The second-order valence-corrected chi connectivity index (χ2v) is 5.23. The molecule has 0 spiro atoms. The number of amides is 2. The van der Waals surface area contributed by atoms with Crippen molar-refractivity contribution in [1.29, 1.82) is 0 Å². The molecule has 8 heteroatoms. The molecule has 0 fully saturated rings. The maximum atomic E-state index is 12.9. The second-order valence-electron chi connectivity index (χ2n) is 5.23. The Morgan fingerprint density at radius 1 is 1.00 bits per heavy atom. The minimum atomic E-state index is -4.53. The van der Waals surface area contributed by atoms with Crippen molar-refractivity contribution in [2.75, 3.05) is 5.43 Å². The van der Waals surface area contributed by atoms with Crippen LogP contribution in [-0.4, -0.2) is 11.8 Å². The van der Waals surface area contributed by atoms with Crippen LogP contribution in [0.2, 0.25) is 0 Å². The van der Waals surface area contributed by atoms with E-state index in [-0.39, 0.29) is 17.2 Å². The molecular weight excluding hydrogens is 335 g/mol. The molecule has 0 aliphatic heterocycles. The first-order valence-electron chi connectivity index (χ1n) is 7.33. The summed E-state index contributed by atoms with van der Waals surface area (Å²) in [6.07, 6.45) is -4.53. The van der Waals surface area contributed by atoms with Crippen LogP contribution in [0.4, 0.5) is 18.9 Å². The van der Waals surface area contributed by atoms with Gasteiger partial charge in [0.2, 0.25) is 5.91 Å². The van der Waals surface area contributed by atoms with Crippen molar-refractivity contribution in [2.24, 2.45) is 0 Å². The van der Waals surface area contributed by atoms with E-state index in [1.807, 2.05) is 0 Å². The number of carbonyl (C=O) groups excluding carboxylic acids is 2. The third-order valence-electron chi connectivity index (χ3n) is 3.30. The van der Waals surface area contributed by atoms with Crippen LogP contribution >= 0.6 is 0 Å². The Kier molecular flexibility index (Phi) is 5.63. The van der Waals surface area contributed by atoms with Gasteiger partial charge in [-0.2, -0.15) is 13.2 Å². The molecule has 0 aromatic heterocycles. The smallest absolute Gasteiger partial charge is 0.352 e. The molecule has 0 heterocycles. The predicted molar refractivity (Wildman–Crippen MR) is 86.5 cm³/mol. The van der Waals surface area contributed by atoms with Gasteiger partial charge in [0, 0.05) is 19.0 Å². The lowest BCUT2D eigenvalue weighted by atomic mass is 10.1. The number of hydrazine groups is 1. The summed E-state index contributed by atoms with van der Waals surface area (Å²) in [6.45, 7) is 1.72. The fraction of sp³-hybridized carbons (Fsp3) is 0.176. The largest absolute Gasteiger partial charge is 0.418 e. The number of halogens is 3. The molecule has 0 saturated heterocycles. The number of nitrogens with one attached hydrogen (secondary N) is 3. The van der Waals surface area contributed by atoms with Gasteiger partial charge in [0.1, 0.15) is 0 Å². The van der Waals surface area contributed by atoms with E-state index in [9.17, 15) is 22.8 Å². The van der Waals surface area contributed by atoms with E-state index in [0.717, 1.165) is 11.6 Å². The summed E-state index contributed by atoms with van der Waals surface area (Å²) >= 11 is 0. The number of alkyl halides is 3.